The van der Waals surface area contributed by atoms with Gasteiger partial charge in [0.25, 0.3) is 11.5 Å². The van der Waals surface area contributed by atoms with Crippen molar-refractivity contribution in [2.45, 2.75) is 6.54 Å². The van der Waals surface area contributed by atoms with Crippen LogP contribution in [0.3, 0.4) is 0 Å². The number of nitrogens with zero attached hydrogens (tertiary/aromatic N) is 3. The summed E-state index contributed by atoms with van der Waals surface area (Å²) in [6, 6.07) is 10.1. The molecule has 8 heteroatoms. The molecular formula is C17H16N4O3S. The van der Waals surface area contributed by atoms with Gasteiger partial charge in [-0.05, 0) is 30.3 Å². The maximum absolute atomic E-state index is 12.3. The molecule has 128 valence electrons. The molecule has 25 heavy (non-hydrogen) atoms. The summed E-state index contributed by atoms with van der Waals surface area (Å²) < 4.78 is 6.15. The highest BCUT2D eigenvalue weighted by Gasteiger charge is 2.10. The fourth-order valence-corrected chi connectivity index (χ4v) is 2.81. The number of aromatic nitrogens is 3. The third-order valence-electron chi connectivity index (χ3n) is 3.43. The van der Waals surface area contributed by atoms with Crippen LogP contribution in [-0.2, 0) is 11.3 Å². The number of hydrogen-bond donors (Lipinski definition) is 1. The van der Waals surface area contributed by atoms with E-state index >= 15 is 0 Å². The van der Waals surface area contributed by atoms with Gasteiger partial charge in [-0.1, -0.05) is 0 Å². The Labute approximate surface area is 147 Å². The summed E-state index contributed by atoms with van der Waals surface area (Å²) in [6.07, 6.45) is 1.75. The fraction of sp³-hybridized carbons (Fsp3) is 0.176. The standard InChI is InChI=1S/C17H16N4O3S/c1-24-10-9-21-15(22)7-6-14(20-21)16(23)19-13-4-2-12(3-5-13)17-18-8-11-25-17/h2-8,11H,9-10H2,1H3,(H,19,23). The van der Waals surface area contributed by atoms with E-state index in [1.165, 1.54) is 23.9 Å². The molecule has 0 aliphatic carbocycles. The molecule has 2 aromatic heterocycles. The van der Waals surface area contributed by atoms with Gasteiger partial charge in [0.15, 0.2) is 0 Å². The van der Waals surface area contributed by atoms with Gasteiger partial charge in [-0.2, -0.15) is 5.10 Å². The van der Waals surface area contributed by atoms with Crippen LogP contribution in [0.2, 0.25) is 0 Å². The van der Waals surface area contributed by atoms with Crippen LogP contribution in [0.25, 0.3) is 10.6 Å². The van der Waals surface area contributed by atoms with E-state index in [1.54, 1.807) is 29.7 Å². The smallest absolute Gasteiger partial charge is 0.276 e. The number of nitrogens with one attached hydrogen (secondary N) is 1. The average Bonchev–Trinajstić information content (AvgIpc) is 3.16. The highest BCUT2D eigenvalue weighted by molar-refractivity contribution is 7.13. The number of rotatable bonds is 6. The molecule has 0 unspecified atom stereocenters. The molecule has 0 fully saturated rings. The number of amides is 1. The van der Waals surface area contributed by atoms with Gasteiger partial charge in [0.1, 0.15) is 10.7 Å². The molecular weight excluding hydrogens is 340 g/mol. The van der Waals surface area contributed by atoms with Crippen LogP contribution in [0.15, 0.2) is 52.8 Å². The van der Waals surface area contributed by atoms with E-state index in [1.807, 2.05) is 17.5 Å². The SMILES string of the molecule is COCCn1nc(C(=O)Nc2ccc(-c3nccs3)cc2)ccc1=O. The summed E-state index contributed by atoms with van der Waals surface area (Å²) in [7, 11) is 1.54. The first-order valence-corrected chi connectivity index (χ1v) is 8.44. The Morgan fingerprint density at radius 1 is 1.24 bits per heavy atom. The third kappa shape index (κ3) is 4.17. The van der Waals surface area contributed by atoms with Crippen molar-refractivity contribution < 1.29 is 9.53 Å². The number of hydrogen-bond acceptors (Lipinski definition) is 6. The number of anilines is 1. The van der Waals surface area contributed by atoms with Gasteiger partial charge < -0.3 is 10.1 Å². The van der Waals surface area contributed by atoms with Crippen molar-refractivity contribution in [2.75, 3.05) is 19.0 Å². The Bertz CT molecular complexity index is 904. The predicted molar refractivity (Wildman–Crippen MR) is 95.9 cm³/mol. The number of benzene rings is 1. The molecule has 0 bridgehead atoms. The van der Waals surface area contributed by atoms with Crippen molar-refractivity contribution in [1.82, 2.24) is 14.8 Å². The van der Waals surface area contributed by atoms with Crippen molar-refractivity contribution in [2.24, 2.45) is 0 Å². The van der Waals surface area contributed by atoms with Crippen LogP contribution >= 0.6 is 11.3 Å². The summed E-state index contributed by atoms with van der Waals surface area (Å²) in [4.78, 5) is 28.3. The molecule has 0 radical (unpaired) electrons. The summed E-state index contributed by atoms with van der Waals surface area (Å²) >= 11 is 1.55. The Morgan fingerprint density at radius 3 is 2.72 bits per heavy atom. The first-order valence-electron chi connectivity index (χ1n) is 7.56. The molecule has 1 N–H and O–H groups in total. The zero-order valence-corrected chi connectivity index (χ0v) is 14.3. The molecule has 3 rings (SSSR count). The Balaban J connectivity index is 1.72. The lowest BCUT2D eigenvalue weighted by Gasteiger charge is -2.08. The van der Waals surface area contributed by atoms with E-state index in [-0.39, 0.29) is 17.2 Å². The zero-order valence-electron chi connectivity index (χ0n) is 13.5. The molecule has 7 nitrogen and oxygen atoms in total. The van der Waals surface area contributed by atoms with Crippen LogP contribution < -0.4 is 10.9 Å². The first kappa shape index (κ1) is 17.0. The quantitative estimate of drug-likeness (QED) is 0.732. The maximum atomic E-state index is 12.3. The van der Waals surface area contributed by atoms with Crippen molar-refractivity contribution in [1.29, 1.82) is 0 Å². The van der Waals surface area contributed by atoms with Gasteiger partial charge in [0, 0.05) is 36.0 Å². The van der Waals surface area contributed by atoms with Gasteiger partial charge in [-0.15, -0.1) is 11.3 Å². The van der Waals surface area contributed by atoms with Gasteiger partial charge in [-0.3, -0.25) is 9.59 Å². The normalized spacial score (nSPS) is 10.6. The molecule has 3 aromatic rings. The molecule has 2 heterocycles. The minimum atomic E-state index is -0.381. The van der Waals surface area contributed by atoms with Gasteiger partial charge in [-0.25, -0.2) is 9.67 Å². The van der Waals surface area contributed by atoms with Crippen LogP contribution in [-0.4, -0.2) is 34.4 Å². The third-order valence-corrected chi connectivity index (χ3v) is 4.25. The zero-order chi connectivity index (χ0) is 17.6. The molecule has 0 aliphatic rings. The van der Waals surface area contributed by atoms with Crippen LogP contribution in [0.4, 0.5) is 5.69 Å². The highest BCUT2D eigenvalue weighted by Crippen LogP contribution is 2.23. The minimum Gasteiger partial charge on any atom is -0.383 e. The van der Waals surface area contributed by atoms with E-state index in [0.717, 1.165) is 10.6 Å². The Morgan fingerprint density at radius 2 is 2.04 bits per heavy atom. The topological polar surface area (TPSA) is 86.1 Å². The maximum Gasteiger partial charge on any atom is 0.276 e. The Hall–Kier alpha value is -2.84. The number of carbonyl (C=O) groups is 1. The fourth-order valence-electron chi connectivity index (χ4n) is 2.17. The molecule has 1 aromatic carbocycles. The van der Waals surface area contributed by atoms with Crippen molar-refractivity contribution in [3.63, 3.8) is 0 Å². The second-order valence-corrected chi connectivity index (χ2v) is 6.04. The van der Waals surface area contributed by atoms with Gasteiger partial charge in [0.2, 0.25) is 0 Å². The van der Waals surface area contributed by atoms with E-state index in [0.29, 0.717) is 18.8 Å². The lowest BCUT2D eigenvalue weighted by molar-refractivity contribution is 0.101. The largest absolute Gasteiger partial charge is 0.383 e. The number of carbonyl (C=O) groups excluding carboxylic acids is 1. The van der Waals surface area contributed by atoms with E-state index in [9.17, 15) is 9.59 Å². The van der Waals surface area contributed by atoms with Crippen molar-refractivity contribution in [3.05, 3.63) is 64.0 Å². The van der Waals surface area contributed by atoms with Crippen LogP contribution in [0.1, 0.15) is 10.5 Å². The molecule has 0 atom stereocenters. The first-order chi connectivity index (χ1) is 12.2. The average molecular weight is 356 g/mol. The molecule has 0 saturated heterocycles. The number of ether oxygens (including phenoxy) is 1. The summed E-state index contributed by atoms with van der Waals surface area (Å²) in [5.74, 6) is -0.381. The minimum absolute atomic E-state index is 0.166. The predicted octanol–water partition coefficient (Wildman–Crippen LogP) is 2.27. The van der Waals surface area contributed by atoms with Crippen LogP contribution in [0.5, 0.6) is 0 Å². The lowest BCUT2D eigenvalue weighted by Crippen LogP contribution is -2.27. The van der Waals surface area contributed by atoms with E-state index in [2.05, 4.69) is 15.4 Å². The molecule has 0 aliphatic heterocycles. The second-order valence-electron chi connectivity index (χ2n) is 5.14. The molecule has 0 saturated carbocycles. The highest BCUT2D eigenvalue weighted by atomic mass is 32.1. The summed E-state index contributed by atoms with van der Waals surface area (Å²) in [5, 5.41) is 9.67. The Kier molecular flexibility index (Phi) is 5.32. The van der Waals surface area contributed by atoms with E-state index in [4.69, 9.17) is 4.74 Å². The summed E-state index contributed by atoms with van der Waals surface area (Å²) in [5.41, 5.74) is 1.52. The van der Waals surface area contributed by atoms with Crippen LogP contribution in [0, 0.1) is 0 Å². The van der Waals surface area contributed by atoms with Gasteiger partial charge in [0.05, 0.1) is 13.2 Å². The van der Waals surface area contributed by atoms with Gasteiger partial charge >= 0.3 is 0 Å². The molecule has 1 amide bonds. The van der Waals surface area contributed by atoms with E-state index < -0.39 is 0 Å². The summed E-state index contributed by atoms with van der Waals surface area (Å²) in [6.45, 7) is 0.634. The number of thiazole rings is 1. The van der Waals surface area contributed by atoms with Crippen molar-refractivity contribution in [3.8, 4) is 10.6 Å². The lowest BCUT2D eigenvalue weighted by atomic mass is 10.2. The second kappa shape index (κ2) is 7.82. The monoisotopic (exact) mass is 356 g/mol. The molecule has 0 spiro atoms. The number of methoxy groups -OCH3 is 1. The van der Waals surface area contributed by atoms with Crippen molar-refractivity contribution >= 4 is 22.9 Å².